The van der Waals surface area contributed by atoms with Gasteiger partial charge in [0.05, 0.1) is 5.92 Å². The number of aromatic amines is 1. The molecule has 6 nitrogen and oxygen atoms in total. The van der Waals surface area contributed by atoms with Crippen molar-refractivity contribution in [2.24, 2.45) is 5.92 Å². The van der Waals surface area contributed by atoms with E-state index in [0.717, 1.165) is 42.4 Å². The highest BCUT2D eigenvalue weighted by Crippen LogP contribution is 2.27. The molecule has 0 aliphatic carbocycles. The fourth-order valence-electron chi connectivity index (χ4n) is 3.05. The van der Waals surface area contributed by atoms with Gasteiger partial charge in [-0.15, -0.1) is 0 Å². The van der Waals surface area contributed by atoms with Crippen LogP contribution in [0.4, 0.5) is 0 Å². The van der Waals surface area contributed by atoms with Crippen molar-refractivity contribution < 1.29 is 4.79 Å². The molecular formula is C17H21Cl2N5OS. The van der Waals surface area contributed by atoms with Crippen molar-refractivity contribution in [3.05, 3.63) is 40.1 Å². The van der Waals surface area contributed by atoms with Crippen molar-refractivity contribution in [3.8, 4) is 0 Å². The molecule has 0 bridgehead atoms. The number of rotatable bonds is 7. The van der Waals surface area contributed by atoms with Crippen LogP contribution in [-0.2, 0) is 11.3 Å². The number of amides is 1. The standard InChI is InChI=1S/C17H21Cl2N5OS/c18-14-4-1-5-15(19)13(14)10-24-7-2-3-12(9-24)16(25)20-6-8-26-17-21-11-22-23-17/h1,4-5,11-12H,2-3,6-10H2,(H,20,25)(H,21,22,23)/t12-/m0/s1. The van der Waals surface area contributed by atoms with Crippen molar-refractivity contribution >= 4 is 40.9 Å². The van der Waals surface area contributed by atoms with Crippen LogP contribution in [0.2, 0.25) is 10.0 Å². The predicted molar refractivity (Wildman–Crippen MR) is 105 cm³/mol. The molecule has 1 fully saturated rings. The minimum atomic E-state index is 0.000271. The van der Waals surface area contributed by atoms with Gasteiger partial charge in [-0.25, -0.2) is 4.98 Å². The molecule has 26 heavy (non-hydrogen) atoms. The van der Waals surface area contributed by atoms with Gasteiger partial charge >= 0.3 is 0 Å². The molecule has 2 heterocycles. The monoisotopic (exact) mass is 413 g/mol. The highest BCUT2D eigenvalue weighted by atomic mass is 35.5. The molecule has 1 aromatic carbocycles. The summed E-state index contributed by atoms with van der Waals surface area (Å²) in [5, 5.41) is 11.7. The Morgan fingerprint density at radius 1 is 1.38 bits per heavy atom. The second-order valence-corrected chi connectivity index (χ2v) is 8.10. The summed E-state index contributed by atoms with van der Waals surface area (Å²) in [5.74, 6) is 0.866. The van der Waals surface area contributed by atoms with Gasteiger partial charge in [-0.05, 0) is 31.5 Å². The topological polar surface area (TPSA) is 73.9 Å². The molecular weight excluding hydrogens is 393 g/mol. The van der Waals surface area contributed by atoms with Gasteiger partial charge < -0.3 is 5.32 Å². The Morgan fingerprint density at radius 3 is 2.92 bits per heavy atom. The summed E-state index contributed by atoms with van der Waals surface area (Å²) >= 11 is 14.1. The predicted octanol–water partition coefficient (Wildman–Crippen LogP) is 3.23. The molecule has 0 spiro atoms. The van der Waals surface area contributed by atoms with Crippen molar-refractivity contribution in [1.82, 2.24) is 25.4 Å². The van der Waals surface area contributed by atoms with E-state index in [1.165, 1.54) is 18.1 Å². The van der Waals surface area contributed by atoms with E-state index in [2.05, 4.69) is 25.4 Å². The summed E-state index contributed by atoms with van der Waals surface area (Å²) in [7, 11) is 0. The lowest BCUT2D eigenvalue weighted by atomic mass is 9.96. The quantitative estimate of drug-likeness (QED) is 0.538. The molecule has 1 aliphatic heterocycles. The van der Waals surface area contributed by atoms with Gasteiger partial charge in [0, 0.05) is 41.0 Å². The van der Waals surface area contributed by atoms with E-state index >= 15 is 0 Å². The molecule has 140 valence electrons. The summed E-state index contributed by atoms with van der Waals surface area (Å²) in [6.45, 7) is 2.95. The number of thioether (sulfide) groups is 1. The summed E-state index contributed by atoms with van der Waals surface area (Å²) in [6, 6.07) is 5.55. The maximum absolute atomic E-state index is 12.5. The second-order valence-electron chi connectivity index (χ2n) is 6.20. The first-order chi connectivity index (χ1) is 12.6. The number of nitrogens with zero attached hydrogens (tertiary/aromatic N) is 3. The van der Waals surface area contributed by atoms with Crippen LogP contribution >= 0.6 is 35.0 Å². The fraction of sp³-hybridized carbons (Fsp3) is 0.471. The maximum atomic E-state index is 12.5. The van der Waals surface area contributed by atoms with Gasteiger partial charge in [0.25, 0.3) is 0 Å². The number of piperidine rings is 1. The number of aromatic nitrogens is 3. The number of nitrogens with one attached hydrogen (secondary N) is 2. The number of hydrogen-bond acceptors (Lipinski definition) is 5. The van der Waals surface area contributed by atoms with E-state index < -0.39 is 0 Å². The van der Waals surface area contributed by atoms with Crippen LogP contribution in [0, 0.1) is 5.92 Å². The molecule has 2 aromatic rings. The lowest BCUT2D eigenvalue weighted by Gasteiger charge is -2.32. The van der Waals surface area contributed by atoms with Gasteiger partial charge in [0.15, 0.2) is 5.16 Å². The molecule has 1 saturated heterocycles. The van der Waals surface area contributed by atoms with Crippen LogP contribution in [-0.4, -0.2) is 51.4 Å². The first-order valence-electron chi connectivity index (χ1n) is 8.54. The summed E-state index contributed by atoms with van der Waals surface area (Å²) < 4.78 is 0. The average molecular weight is 414 g/mol. The first kappa shape index (κ1) is 19.5. The molecule has 1 amide bonds. The molecule has 1 aliphatic rings. The first-order valence-corrected chi connectivity index (χ1v) is 10.3. The average Bonchev–Trinajstić information content (AvgIpc) is 3.15. The van der Waals surface area contributed by atoms with Gasteiger partial charge in [0.1, 0.15) is 6.33 Å². The normalized spacial score (nSPS) is 18.0. The van der Waals surface area contributed by atoms with Gasteiger partial charge in [-0.3, -0.25) is 14.8 Å². The molecule has 3 rings (SSSR count). The smallest absolute Gasteiger partial charge is 0.224 e. The Balaban J connectivity index is 1.46. The molecule has 1 aromatic heterocycles. The van der Waals surface area contributed by atoms with E-state index in [0.29, 0.717) is 23.1 Å². The minimum absolute atomic E-state index is 0.000271. The number of benzene rings is 1. The molecule has 0 radical (unpaired) electrons. The Hall–Kier alpha value is -1.28. The fourth-order valence-corrected chi connectivity index (χ4v) is 4.20. The van der Waals surface area contributed by atoms with E-state index in [1.807, 2.05) is 18.2 Å². The van der Waals surface area contributed by atoms with Crippen molar-refractivity contribution in [2.45, 2.75) is 24.5 Å². The van der Waals surface area contributed by atoms with E-state index in [-0.39, 0.29) is 11.8 Å². The maximum Gasteiger partial charge on any atom is 0.224 e. The van der Waals surface area contributed by atoms with E-state index in [4.69, 9.17) is 23.2 Å². The number of likely N-dealkylation sites (tertiary alicyclic amines) is 1. The van der Waals surface area contributed by atoms with Crippen molar-refractivity contribution in [3.63, 3.8) is 0 Å². The lowest BCUT2D eigenvalue weighted by Crippen LogP contribution is -2.43. The number of H-pyrrole nitrogens is 1. The third-order valence-electron chi connectivity index (χ3n) is 4.35. The highest BCUT2D eigenvalue weighted by Gasteiger charge is 2.26. The van der Waals surface area contributed by atoms with Crippen molar-refractivity contribution in [1.29, 1.82) is 0 Å². The SMILES string of the molecule is O=C(NCCSc1ncn[nH]1)[C@H]1CCCN(Cc2c(Cl)cccc2Cl)C1. The van der Waals surface area contributed by atoms with Crippen molar-refractivity contribution in [2.75, 3.05) is 25.4 Å². The van der Waals surface area contributed by atoms with Crippen LogP contribution in [0.5, 0.6) is 0 Å². The lowest BCUT2D eigenvalue weighted by molar-refractivity contribution is -0.126. The number of carbonyl (C=O) groups excluding carboxylic acids is 1. The minimum Gasteiger partial charge on any atom is -0.355 e. The third kappa shape index (κ3) is 5.36. The van der Waals surface area contributed by atoms with Crippen LogP contribution in [0.1, 0.15) is 18.4 Å². The third-order valence-corrected chi connectivity index (χ3v) is 5.94. The molecule has 2 N–H and O–H groups in total. The van der Waals surface area contributed by atoms with Gasteiger partial charge in [-0.2, -0.15) is 5.10 Å². The molecule has 0 unspecified atom stereocenters. The Morgan fingerprint density at radius 2 is 2.19 bits per heavy atom. The van der Waals surface area contributed by atoms with Crippen LogP contribution in [0.3, 0.4) is 0 Å². The molecule has 1 atom stereocenters. The second kappa shape index (κ2) is 9.60. The molecule has 9 heteroatoms. The van der Waals surface area contributed by atoms with E-state index in [9.17, 15) is 4.79 Å². The molecule has 0 saturated carbocycles. The van der Waals surface area contributed by atoms with Gasteiger partial charge in [-0.1, -0.05) is 41.0 Å². The van der Waals surface area contributed by atoms with Crippen LogP contribution in [0.15, 0.2) is 29.7 Å². The Kier molecular flexibility index (Phi) is 7.19. The number of halogens is 2. The van der Waals surface area contributed by atoms with Crippen LogP contribution < -0.4 is 5.32 Å². The van der Waals surface area contributed by atoms with Gasteiger partial charge in [0.2, 0.25) is 5.91 Å². The largest absolute Gasteiger partial charge is 0.355 e. The zero-order valence-corrected chi connectivity index (χ0v) is 16.6. The number of hydrogen-bond donors (Lipinski definition) is 2. The summed E-state index contributed by atoms with van der Waals surface area (Å²) in [6.07, 6.45) is 3.38. The Bertz CT molecular complexity index is 708. The summed E-state index contributed by atoms with van der Waals surface area (Å²) in [5.41, 5.74) is 0.931. The van der Waals surface area contributed by atoms with Crippen LogP contribution in [0.25, 0.3) is 0 Å². The number of carbonyl (C=O) groups is 1. The Labute approximate surface area is 167 Å². The van der Waals surface area contributed by atoms with E-state index in [1.54, 1.807) is 0 Å². The summed E-state index contributed by atoms with van der Waals surface area (Å²) in [4.78, 5) is 18.8. The highest BCUT2D eigenvalue weighted by molar-refractivity contribution is 7.99. The zero-order chi connectivity index (χ0) is 18.4. The zero-order valence-electron chi connectivity index (χ0n) is 14.3.